The first-order valence-corrected chi connectivity index (χ1v) is 6.27. The van der Waals surface area contributed by atoms with Crippen molar-refractivity contribution in [3.8, 4) is 0 Å². The normalized spacial score (nSPS) is 23.0. The monoisotopic (exact) mass is 424 g/mol. The number of carboxylic acids is 3. The molecule has 122 valence electrons. The minimum Gasteiger partial charge on any atom is -0.547 e. The second-order valence-corrected chi connectivity index (χ2v) is 5.46. The van der Waals surface area contributed by atoms with Gasteiger partial charge in [0.1, 0.15) is 16.8 Å². The predicted octanol–water partition coefficient (Wildman–Crippen LogP) is -5.60. The molecule has 0 aliphatic heterocycles. The Bertz CT molecular complexity index is 383. The summed E-state index contributed by atoms with van der Waals surface area (Å²) in [4.78, 5) is 29.2. The molecule has 0 aromatic carbocycles. The zero-order valence-electron chi connectivity index (χ0n) is 11.5. The van der Waals surface area contributed by atoms with Crippen LogP contribution in [0, 0.1) is 0 Å². The maximum Gasteiger partial charge on any atom is 3.00 e. The Kier molecular flexibility index (Phi) is 6.83. The summed E-state index contributed by atoms with van der Waals surface area (Å²) < 4.78 is 0. The Hall–Kier alpha value is -0.892. The molecule has 0 amide bonds. The standard InChI is InChI=1S/3C4H6O3.Sb/c3*5-3(6)4(7)1-2-4;/h3*7H,1-2H2,(H,5,6);/q;;;+3/p-3. The van der Waals surface area contributed by atoms with Gasteiger partial charge in [0.2, 0.25) is 0 Å². The van der Waals surface area contributed by atoms with Crippen molar-refractivity contribution in [3.63, 3.8) is 0 Å². The van der Waals surface area contributed by atoms with E-state index in [2.05, 4.69) is 0 Å². The summed E-state index contributed by atoms with van der Waals surface area (Å²) in [6.07, 6.45) is 2.14. The maximum atomic E-state index is 9.72. The van der Waals surface area contributed by atoms with Crippen LogP contribution in [-0.4, -0.2) is 74.5 Å². The van der Waals surface area contributed by atoms with Gasteiger partial charge >= 0.3 is 24.4 Å². The van der Waals surface area contributed by atoms with E-state index in [1.54, 1.807) is 0 Å². The van der Waals surface area contributed by atoms with E-state index in [0.717, 1.165) is 0 Å². The third-order valence-electron chi connectivity index (χ3n) is 3.31. The van der Waals surface area contributed by atoms with Crippen LogP contribution in [0.3, 0.4) is 0 Å². The van der Waals surface area contributed by atoms with Crippen LogP contribution in [-0.2, 0) is 14.4 Å². The van der Waals surface area contributed by atoms with Crippen LogP contribution in [0.1, 0.15) is 38.5 Å². The van der Waals surface area contributed by atoms with Gasteiger partial charge in [-0.05, 0) is 38.5 Å². The SMILES string of the molecule is O=C([O-])C1(O)CC1.O=C([O-])C1(O)CC1.O=C([O-])C1(O)CC1.[Sb+3]. The average Bonchev–Trinajstić information content (AvgIpc) is 3.20. The Labute approximate surface area is 143 Å². The molecule has 0 heterocycles. The number of rotatable bonds is 3. The molecule has 22 heavy (non-hydrogen) atoms. The van der Waals surface area contributed by atoms with E-state index in [9.17, 15) is 29.7 Å². The number of aliphatic carboxylic acids is 3. The molecule has 3 aliphatic rings. The molecular formula is C12H15O9Sb. The van der Waals surface area contributed by atoms with Crippen LogP contribution < -0.4 is 15.3 Å². The van der Waals surface area contributed by atoms with E-state index in [4.69, 9.17) is 15.3 Å². The summed E-state index contributed by atoms with van der Waals surface area (Å²) in [7, 11) is 0. The molecule has 3 aliphatic carbocycles. The fraction of sp³-hybridized carbons (Fsp3) is 0.750. The molecule has 0 aromatic heterocycles. The summed E-state index contributed by atoms with van der Waals surface area (Å²) >= 11 is 0. The largest absolute Gasteiger partial charge is 3.00 e. The van der Waals surface area contributed by atoms with Gasteiger partial charge in [-0.1, -0.05) is 0 Å². The van der Waals surface area contributed by atoms with Gasteiger partial charge in [-0.3, -0.25) is 0 Å². The Balaban J connectivity index is 0.000000294. The molecule has 0 bridgehead atoms. The zero-order valence-corrected chi connectivity index (χ0v) is 14.0. The maximum absolute atomic E-state index is 9.72. The van der Waals surface area contributed by atoms with E-state index in [-0.39, 0.29) is 24.4 Å². The van der Waals surface area contributed by atoms with Crippen LogP contribution in [0.5, 0.6) is 0 Å². The van der Waals surface area contributed by atoms with E-state index >= 15 is 0 Å². The Morgan fingerprint density at radius 3 is 0.727 bits per heavy atom. The smallest absolute Gasteiger partial charge is 0.547 e. The van der Waals surface area contributed by atoms with Gasteiger partial charge in [0.25, 0.3) is 0 Å². The Morgan fingerprint density at radius 2 is 0.727 bits per heavy atom. The van der Waals surface area contributed by atoms with E-state index in [1.807, 2.05) is 0 Å². The number of hydrogen-bond acceptors (Lipinski definition) is 9. The number of carboxylic acid groups (broad SMARTS) is 3. The van der Waals surface area contributed by atoms with Crippen molar-refractivity contribution in [1.82, 2.24) is 0 Å². The number of carbonyl (C=O) groups excluding carboxylic acids is 3. The van der Waals surface area contributed by atoms with Gasteiger partial charge < -0.3 is 45.0 Å². The molecule has 10 heteroatoms. The fourth-order valence-electron chi connectivity index (χ4n) is 0.968. The molecular weight excluding hydrogens is 410 g/mol. The van der Waals surface area contributed by atoms with Crippen molar-refractivity contribution in [2.75, 3.05) is 0 Å². The van der Waals surface area contributed by atoms with Gasteiger partial charge in [0, 0.05) is 0 Å². The minimum atomic E-state index is -1.44. The molecule has 0 saturated heterocycles. The van der Waals surface area contributed by atoms with E-state index < -0.39 is 34.7 Å². The number of aliphatic hydroxyl groups is 3. The van der Waals surface area contributed by atoms with Gasteiger partial charge in [-0.15, -0.1) is 0 Å². The van der Waals surface area contributed by atoms with Crippen LogP contribution in [0.25, 0.3) is 0 Å². The Morgan fingerprint density at radius 1 is 0.591 bits per heavy atom. The third-order valence-corrected chi connectivity index (χ3v) is 3.31. The second-order valence-electron chi connectivity index (χ2n) is 5.46. The summed E-state index contributed by atoms with van der Waals surface area (Å²) in [6, 6.07) is 0. The van der Waals surface area contributed by atoms with Crippen molar-refractivity contribution >= 4 is 42.3 Å². The fourth-order valence-corrected chi connectivity index (χ4v) is 0.968. The first-order chi connectivity index (χ1) is 9.45. The summed E-state index contributed by atoms with van der Waals surface area (Å²) in [5.74, 6) is -4.02. The minimum absolute atomic E-state index is 0. The van der Waals surface area contributed by atoms with Crippen LogP contribution in [0.15, 0.2) is 0 Å². The first-order valence-electron chi connectivity index (χ1n) is 6.27. The molecule has 0 spiro atoms. The second kappa shape index (κ2) is 7.12. The molecule has 3 rings (SSSR count). The van der Waals surface area contributed by atoms with Gasteiger partial charge in [-0.25, -0.2) is 0 Å². The van der Waals surface area contributed by atoms with E-state index in [0.29, 0.717) is 38.5 Å². The van der Waals surface area contributed by atoms with Crippen molar-refractivity contribution in [1.29, 1.82) is 0 Å². The van der Waals surface area contributed by atoms with Crippen molar-refractivity contribution in [3.05, 3.63) is 0 Å². The van der Waals surface area contributed by atoms with Gasteiger partial charge in [0.15, 0.2) is 0 Å². The predicted molar refractivity (Wildman–Crippen MR) is 63.3 cm³/mol. The first kappa shape index (κ1) is 21.1. The van der Waals surface area contributed by atoms with Crippen LogP contribution in [0.2, 0.25) is 0 Å². The van der Waals surface area contributed by atoms with E-state index in [1.165, 1.54) is 0 Å². The average molecular weight is 425 g/mol. The van der Waals surface area contributed by atoms with Crippen molar-refractivity contribution < 1.29 is 45.0 Å². The third kappa shape index (κ3) is 6.08. The molecule has 0 aromatic rings. The molecule has 9 nitrogen and oxygen atoms in total. The molecule has 0 unspecified atom stereocenters. The number of carbonyl (C=O) groups is 3. The quantitative estimate of drug-likeness (QED) is 0.372. The van der Waals surface area contributed by atoms with Crippen molar-refractivity contribution in [2.24, 2.45) is 0 Å². The summed E-state index contributed by atoms with van der Waals surface area (Å²) in [5.41, 5.74) is -4.33. The number of hydrogen-bond donors (Lipinski definition) is 3. The molecule has 2 radical (unpaired) electrons. The van der Waals surface area contributed by atoms with Crippen LogP contribution in [0.4, 0.5) is 0 Å². The summed E-state index contributed by atoms with van der Waals surface area (Å²) in [5, 5.41) is 54.8. The molecule has 0 atom stereocenters. The zero-order chi connectivity index (χ0) is 16.5. The molecule has 3 N–H and O–H groups in total. The van der Waals surface area contributed by atoms with Crippen molar-refractivity contribution in [2.45, 2.75) is 55.3 Å². The van der Waals surface area contributed by atoms with Gasteiger partial charge in [-0.2, -0.15) is 0 Å². The molecule has 3 saturated carbocycles. The van der Waals surface area contributed by atoms with Crippen LogP contribution >= 0.6 is 0 Å². The molecule has 3 fully saturated rings. The summed E-state index contributed by atoms with van der Waals surface area (Å²) in [6.45, 7) is 0. The topological polar surface area (TPSA) is 181 Å². The van der Waals surface area contributed by atoms with Gasteiger partial charge in [0.05, 0.1) is 17.9 Å².